The summed E-state index contributed by atoms with van der Waals surface area (Å²) < 4.78 is 16.8. The van der Waals surface area contributed by atoms with Crippen LogP contribution in [-0.2, 0) is 19.0 Å². The largest absolute Gasteiger partial charge is 0.457 e. The Kier molecular flexibility index (Phi) is 5.37. The van der Waals surface area contributed by atoms with Crippen molar-refractivity contribution in [2.24, 2.45) is 5.41 Å². The van der Waals surface area contributed by atoms with Gasteiger partial charge in [0.2, 0.25) is 0 Å². The van der Waals surface area contributed by atoms with Gasteiger partial charge in [-0.3, -0.25) is 4.79 Å². The molecule has 21 heavy (non-hydrogen) atoms. The summed E-state index contributed by atoms with van der Waals surface area (Å²) >= 11 is 0. The lowest BCUT2D eigenvalue weighted by molar-refractivity contribution is -0.232. The molecule has 116 valence electrons. The molecule has 0 N–H and O–H groups in total. The molecule has 1 saturated heterocycles. The molecular formula is C17H24O4. The second-order valence-electron chi connectivity index (χ2n) is 6.07. The van der Waals surface area contributed by atoms with Crippen LogP contribution in [0.25, 0.3) is 0 Å². The molecule has 4 heteroatoms. The molecule has 1 fully saturated rings. The van der Waals surface area contributed by atoms with Crippen LogP contribution in [0.4, 0.5) is 0 Å². The van der Waals surface area contributed by atoms with E-state index in [9.17, 15) is 4.79 Å². The van der Waals surface area contributed by atoms with E-state index in [4.69, 9.17) is 14.2 Å². The van der Waals surface area contributed by atoms with Gasteiger partial charge in [-0.1, -0.05) is 43.7 Å². The third-order valence-corrected chi connectivity index (χ3v) is 3.64. The maximum atomic E-state index is 12.1. The number of hydrogen-bond acceptors (Lipinski definition) is 4. The second kappa shape index (κ2) is 7.05. The highest BCUT2D eigenvalue weighted by atomic mass is 16.7. The molecule has 1 aromatic carbocycles. The summed E-state index contributed by atoms with van der Waals surface area (Å²) in [5.74, 6) is -0.181. The predicted molar refractivity (Wildman–Crippen MR) is 79.7 cm³/mol. The topological polar surface area (TPSA) is 44.8 Å². The number of benzene rings is 1. The molecule has 0 unspecified atom stereocenters. The van der Waals surface area contributed by atoms with Crippen LogP contribution >= 0.6 is 0 Å². The van der Waals surface area contributed by atoms with Gasteiger partial charge in [0.05, 0.1) is 18.6 Å². The maximum Gasteiger partial charge on any atom is 0.311 e. The van der Waals surface area contributed by atoms with Crippen LogP contribution in [-0.4, -0.2) is 25.3 Å². The smallest absolute Gasteiger partial charge is 0.311 e. The molecule has 4 nitrogen and oxygen atoms in total. The first-order valence-corrected chi connectivity index (χ1v) is 7.52. The van der Waals surface area contributed by atoms with Gasteiger partial charge in [0.25, 0.3) is 0 Å². The van der Waals surface area contributed by atoms with E-state index in [0.717, 1.165) is 18.4 Å². The van der Waals surface area contributed by atoms with Gasteiger partial charge in [0.1, 0.15) is 6.10 Å². The van der Waals surface area contributed by atoms with E-state index >= 15 is 0 Å². The van der Waals surface area contributed by atoms with Crippen molar-refractivity contribution in [2.45, 2.75) is 46.0 Å². The zero-order valence-electron chi connectivity index (χ0n) is 13.0. The first kappa shape index (κ1) is 16.0. The molecule has 0 aliphatic carbocycles. The Bertz CT molecular complexity index is 447. The van der Waals surface area contributed by atoms with Crippen LogP contribution < -0.4 is 0 Å². The second-order valence-corrected chi connectivity index (χ2v) is 6.07. The number of carbonyl (C=O) groups excluding carboxylic acids is 1. The van der Waals surface area contributed by atoms with Gasteiger partial charge in [-0.25, -0.2) is 0 Å². The fourth-order valence-corrected chi connectivity index (χ4v) is 2.39. The highest BCUT2D eigenvalue weighted by Gasteiger charge is 2.33. The lowest BCUT2D eigenvalue weighted by atomic mass is 9.88. The predicted octanol–water partition coefficient (Wildman–Crippen LogP) is 3.47. The SMILES string of the molecule is CCCC(C)(C)C(=O)OC1COC(c2ccccc2)OC1. The van der Waals surface area contributed by atoms with Crippen LogP contribution in [0.15, 0.2) is 30.3 Å². The molecule has 0 amide bonds. The average Bonchev–Trinajstić information content (AvgIpc) is 2.49. The summed E-state index contributed by atoms with van der Waals surface area (Å²) in [4.78, 5) is 12.1. The fourth-order valence-electron chi connectivity index (χ4n) is 2.39. The Hall–Kier alpha value is -1.39. The summed E-state index contributed by atoms with van der Waals surface area (Å²) in [5, 5.41) is 0. The van der Waals surface area contributed by atoms with E-state index in [2.05, 4.69) is 6.92 Å². The Morgan fingerprint density at radius 1 is 1.24 bits per heavy atom. The number of carbonyl (C=O) groups is 1. The third-order valence-electron chi connectivity index (χ3n) is 3.64. The van der Waals surface area contributed by atoms with Gasteiger partial charge >= 0.3 is 5.97 Å². The van der Waals surface area contributed by atoms with E-state index in [1.807, 2.05) is 44.2 Å². The number of ether oxygens (including phenoxy) is 3. The van der Waals surface area contributed by atoms with Crippen LogP contribution in [0.3, 0.4) is 0 Å². The molecule has 0 atom stereocenters. The highest BCUT2D eigenvalue weighted by Crippen LogP contribution is 2.27. The molecular weight excluding hydrogens is 268 g/mol. The van der Waals surface area contributed by atoms with Gasteiger partial charge in [-0.15, -0.1) is 0 Å². The Balaban J connectivity index is 1.83. The molecule has 0 spiro atoms. The van der Waals surface area contributed by atoms with Crippen molar-refractivity contribution >= 4 is 5.97 Å². The minimum absolute atomic E-state index is 0.181. The van der Waals surface area contributed by atoms with E-state index in [-0.39, 0.29) is 18.4 Å². The summed E-state index contributed by atoms with van der Waals surface area (Å²) in [6.07, 6.45) is 1.07. The monoisotopic (exact) mass is 292 g/mol. The molecule has 1 aromatic rings. The van der Waals surface area contributed by atoms with Crippen molar-refractivity contribution in [2.75, 3.05) is 13.2 Å². The summed E-state index contributed by atoms with van der Waals surface area (Å²) in [6.45, 7) is 6.62. The quantitative estimate of drug-likeness (QED) is 0.780. The number of hydrogen-bond donors (Lipinski definition) is 0. The van der Waals surface area contributed by atoms with Crippen molar-refractivity contribution in [3.8, 4) is 0 Å². The van der Waals surface area contributed by atoms with E-state index in [1.54, 1.807) is 0 Å². The van der Waals surface area contributed by atoms with Crippen molar-refractivity contribution in [3.63, 3.8) is 0 Å². The van der Waals surface area contributed by atoms with Gasteiger partial charge in [-0.05, 0) is 20.3 Å². The van der Waals surface area contributed by atoms with Gasteiger partial charge < -0.3 is 14.2 Å². The average molecular weight is 292 g/mol. The Labute approximate surface area is 126 Å². The lowest BCUT2D eigenvalue weighted by Crippen LogP contribution is -2.38. The van der Waals surface area contributed by atoms with E-state index < -0.39 is 5.41 Å². The van der Waals surface area contributed by atoms with Crippen LogP contribution in [0.1, 0.15) is 45.5 Å². The van der Waals surface area contributed by atoms with Crippen molar-refractivity contribution < 1.29 is 19.0 Å². The summed E-state index contributed by atoms with van der Waals surface area (Å²) in [6, 6.07) is 9.76. The molecule has 1 heterocycles. The van der Waals surface area contributed by atoms with Gasteiger partial charge in [0, 0.05) is 5.56 Å². The minimum Gasteiger partial charge on any atom is -0.457 e. The van der Waals surface area contributed by atoms with Gasteiger partial charge in [0.15, 0.2) is 6.29 Å². The van der Waals surface area contributed by atoms with Gasteiger partial charge in [-0.2, -0.15) is 0 Å². The van der Waals surface area contributed by atoms with Crippen LogP contribution in [0.5, 0.6) is 0 Å². The molecule has 0 bridgehead atoms. The molecule has 1 aliphatic heterocycles. The molecule has 1 aliphatic rings. The normalized spacial score (nSPS) is 22.8. The fraction of sp³-hybridized carbons (Fsp3) is 0.588. The first-order chi connectivity index (χ1) is 10.0. The lowest BCUT2D eigenvalue weighted by Gasteiger charge is -2.31. The Morgan fingerprint density at radius 2 is 1.86 bits per heavy atom. The molecule has 0 aromatic heterocycles. The molecule has 0 radical (unpaired) electrons. The van der Waals surface area contributed by atoms with E-state index in [1.165, 1.54) is 0 Å². The molecule has 2 rings (SSSR count). The van der Waals surface area contributed by atoms with Crippen molar-refractivity contribution in [1.29, 1.82) is 0 Å². The summed E-state index contributed by atoms with van der Waals surface area (Å²) in [5.41, 5.74) is 0.527. The minimum atomic E-state index is -0.453. The third kappa shape index (κ3) is 4.29. The first-order valence-electron chi connectivity index (χ1n) is 7.52. The zero-order valence-corrected chi connectivity index (χ0v) is 13.0. The standard InChI is InChI=1S/C17H24O4/c1-4-10-17(2,3)16(18)21-14-11-19-15(20-12-14)13-8-6-5-7-9-13/h5-9,14-15H,4,10-12H2,1-3H3. The Morgan fingerprint density at radius 3 is 2.43 bits per heavy atom. The zero-order chi connectivity index (χ0) is 15.3. The number of rotatable bonds is 5. The highest BCUT2D eigenvalue weighted by molar-refractivity contribution is 5.76. The van der Waals surface area contributed by atoms with Crippen molar-refractivity contribution in [1.82, 2.24) is 0 Å². The van der Waals surface area contributed by atoms with Crippen LogP contribution in [0, 0.1) is 5.41 Å². The maximum absolute atomic E-state index is 12.1. The van der Waals surface area contributed by atoms with Crippen LogP contribution in [0.2, 0.25) is 0 Å². The van der Waals surface area contributed by atoms with E-state index in [0.29, 0.717) is 13.2 Å². The van der Waals surface area contributed by atoms with Crippen molar-refractivity contribution in [3.05, 3.63) is 35.9 Å². The number of esters is 1. The summed E-state index contributed by atoms with van der Waals surface area (Å²) in [7, 11) is 0. The molecule has 0 saturated carbocycles.